The summed E-state index contributed by atoms with van der Waals surface area (Å²) in [6.45, 7) is 2.91. The van der Waals surface area contributed by atoms with E-state index >= 15 is 0 Å². The van der Waals surface area contributed by atoms with Crippen LogP contribution in [-0.2, 0) is 10.4 Å². The van der Waals surface area contributed by atoms with Crippen molar-refractivity contribution in [2.75, 3.05) is 6.54 Å². The molecule has 94 valence electrons. The van der Waals surface area contributed by atoms with Gasteiger partial charge in [0.2, 0.25) is 5.91 Å². The standard InChI is InChI=1S/C12H15F2NO2/c1-3-11(16)15-7-12(2,17)9-5-4-8(13)6-10(9)14/h4-6,17H,3,7H2,1-2H3,(H,15,16). The second kappa shape index (κ2) is 5.23. The van der Waals surface area contributed by atoms with Crippen LogP contribution in [0.5, 0.6) is 0 Å². The number of hydrogen-bond donors (Lipinski definition) is 2. The van der Waals surface area contributed by atoms with E-state index in [0.29, 0.717) is 6.07 Å². The van der Waals surface area contributed by atoms with E-state index in [1.54, 1.807) is 6.92 Å². The Hall–Kier alpha value is -1.49. The third kappa shape index (κ3) is 3.49. The van der Waals surface area contributed by atoms with Crippen molar-refractivity contribution in [3.8, 4) is 0 Å². The van der Waals surface area contributed by atoms with Gasteiger partial charge in [-0.15, -0.1) is 0 Å². The largest absolute Gasteiger partial charge is 0.383 e. The van der Waals surface area contributed by atoms with Crippen LogP contribution in [0.2, 0.25) is 0 Å². The van der Waals surface area contributed by atoms with Gasteiger partial charge in [0, 0.05) is 18.1 Å². The second-order valence-electron chi connectivity index (χ2n) is 4.03. The molecule has 0 spiro atoms. The normalized spacial score (nSPS) is 14.2. The third-order valence-corrected chi connectivity index (χ3v) is 2.46. The molecule has 0 aliphatic rings. The molecule has 0 saturated heterocycles. The first kappa shape index (κ1) is 13.6. The highest BCUT2D eigenvalue weighted by molar-refractivity contribution is 5.75. The van der Waals surface area contributed by atoms with E-state index in [1.807, 2.05) is 0 Å². The molecular weight excluding hydrogens is 228 g/mol. The number of carbonyl (C=O) groups is 1. The van der Waals surface area contributed by atoms with Crippen molar-refractivity contribution in [3.05, 3.63) is 35.4 Å². The number of carbonyl (C=O) groups excluding carboxylic acids is 1. The van der Waals surface area contributed by atoms with Gasteiger partial charge in [0.15, 0.2) is 0 Å². The van der Waals surface area contributed by atoms with Crippen molar-refractivity contribution in [2.45, 2.75) is 25.9 Å². The zero-order chi connectivity index (χ0) is 13.1. The SMILES string of the molecule is CCC(=O)NCC(C)(O)c1ccc(F)cc1F. The van der Waals surface area contributed by atoms with E-state index in [2.05, 4.69) is 5.32 Å². The molecule has 17 heavy (non-hydrogen) atoms. The number of rotatable bonds is 4. The molecule has 1 rings (SSSR count). The van der Waals surface area contributed by atoms with E-state index in [4.69, 9.17) is 0 Å². The predicted octanol–water partition coefficient (Wildman–Crippen LogP) is 1.70. The third-order valence-electron chi connectivity index (χ3n) is 2.46. The smallest absolute Gasteiger partial charge is 0.219 e. The highest BCUT2D eigenvalue weighted by Crippen LogP contribution is 2.23. The maximum Gasteiger partial charge on any atom is 0.219 e. The molecule has 1 aromatic carbocycles. The monoisotopic (exact) mass is 243 g/mol. The van der Waals surface area contributed by atoms with Crippen molar-refractivity contribution in [3.63, 3.8) is 0 Å². The number of nitrogens with one attached hydrogen (secondary N) is 1. The molecule has 2 N–H and O–H groups in total. The van der Waals surface area contributed by atoms with Gasteiger partial charge < -0.3 is 10.4 Å². The Labute approximate surface area is 98.5 Å². The van der Waals surface area contributed by atoms with Crippen LogP contribution >= 0.6 is 0 Å². The summed E-state index contributed by atoms with van der Waals surface area (Å²) in [5, 5.41) is 12.5. The Morgan fingerprint density at radius 2 is 2.12 bits per heavy atom. The number of halogens is 2. The van der Waals surface area contributed by atoms with Crippen molar-refractivity contribution in [1.82, 2.24) is 5.32 Å². The zero-order valence-corrected chi connectivity index (χ0v) is 9.76. The van der Waals surface area contributed by atoms with Gasteiger partial charge in [0.1, 0.15) is 17.2 Å². The highest BCUT2D eigenvalue weighted by Gasteiger charge is 2.27. The molecule has 0 aliphatic heterocycles. The molecule has 1 aromatic rings. The van der Waals surface area contributed by atoms with Crippen LogP contribution in [0.25, 0.3) is 0 Å². The molecule has 0 saturated carbocycles. The molecule has 1 unspecified atom stereocenters. The first-order chi connectivity index (χ1) is 7.86. The summed E-state index contributed by atoms with van der Waals surface area (Å²) < 4.78 is 26.2. The molecule has 1 amide bonds. The summed E-state index contributed by atoms with van der Waals surface area (Å²) in [6, 6.07) is 2.93. The number of benzene rings is 1. The van der Waals surface area contributed by atoms with Crippen molar-refractivity contribution >= 4 is 5.91 Å². The number of hydrogen-bond acceptors (Lipinski definition) is 2. The maximum absolute atomic E-state index is 13.4. The van der Waals surface area contributed by atoms with Gasteiger partial charge in [0.05, 0.1) is 6.54 Å². The first-order valence-electron chi connectivity index (χ1n) is 5.31. The molecule has 0 radical (unpaired) electrons. The maximum atomic E-state index is 13.4. The van der Waals surface area contributed by atoms with Crippen molar-refractivity contribution in [1.29, 1.82) is 0 Å². The van der Waals surface area contributed by atoms with E-state index in [1.165, 1.54) is 13.0 Å². The van der Waals surface area contributed by atoms with Crippen LogP contribution < -0.4 is 5.32 Å². The molecule has 3 nitrogen and oxygen atoms in total. The quantitative estimate of drug-likeness (QED) is 0.845. The lowest BCUT2D eigenvalue weighted by atomic mass is 9.95. The minimum Gasteiger partial charge on any atom is -0.383 e. The fraction of sp³-hybridized carbons (Fsp3) is 0.417. The van der Waals surface area contributed by atoms with E-state index in [0.717, 1.165) is 6.07 Å². The van der Waals surface area contributed by atoms with Gasteiger partial charge >= 0.3 is 0 Å². The molecule has 0 bridgehead atoms. The Morgan fingerprint density at radius 3 is 2.65 bits per heavy atom. The Bertz CT molecular complexity index is 419. The molecule has 1 atom stereocenters. The molecule has 5 heteroatoms. The van der Waals surface area contributed by atoms with Crippen LogP contribution in [-0.4, -0.2) is 17.6 Å². The average Bonchev–Trinajstić information content (AvgIpc) is 2.25. The average molecular weight is 243 g/mol. The fourth-order valence-electron chi connectivity index (χ4n) is 1.42. The highest BCUT2D eigenvalue weighted by atomic mass is 19.1. The van der Waals surface area contributed by atoms with Crippen molar-refractivity contribution < 1.29 is 18.7 Å². The van der Waals surface area contributed by atoms with Gasteiger partial charge in [0.25, 0.3) is 0 Å². The summed E-state index contributed by atoms with van der Waals surface area (Å²) in [4.78, 5) is 11.1. The van der Waals surface area contributed by atoms with Gasteiger partial charge in [-0.1, -0.05) is 13.0 Å². The molecule has 0 fully saturated rings. The predicted molar refractivity (Wildman–Crippen MR) is 59.2 cm³/mol. The Kier molecular flexibility index (Phi) is 4.17. The van der Waals surface area contributed by atoms with Crippen LogP contribution in [0.15, 0.2) is 18.2 Å². The topological polar surface area (TPSA) is 49.3 Å². The molecule has 0 aliphatic carbocycles. The minimum absolute atomic E-state index is 0.0460. The lowest BCUT2D eigenvalue weighted by Crippen LogP contribution is -2.38. The summed E-state index contributed by atoms with van der Waals surface area (Å²) in [5.74, 6) is -1.78. The molecule has 0 heterocycles. The fourth-order valence-corrected chi connectivity index (χ4v) is 1.42. The zero-order valence-electron chi connectivity index (χ0n) is 9.76. The summed E-state index contributed by atoms with van der Waals surface area (Å²) in [5.41, 5.74) is -1.61. The Balaban J connectivity index is 2.85. The number of aliphatic hydroxyl groups is 1. The van der Waals surface area contributed by atoms with Crippen LogP contribution in [0, 0.1) is 11.6 Å². The number of amides is 1. The summed E-state index contributed by atoms with van der Waals surface area (Å²) in [6.07, 6.45) is 0.280. The first-order valence-corrected chi connectivity index (χ1v) is 5.31. The van der Waals surface area contributed by atoms with Gasteiger partial charge in [-0.2, -0.15) is 0 Å². The van der Waals surface area contributed by atoms with E-state index < -0.39 is 17.2 Å². The summed E-state index contributed by atoms with van der Waals surface area (Å²) in [7, 11) is 0. The van der Waals surface area contributed by atoms with Crippen molar-refractivity contribution in [2.24, 2.45) is 0 Å². The van der Waals surface area contributed by atoms with E-state index in [-0.39, 0.29) is 24.4 Å². The molecule has 0 aromatic heterocycles. The summed E-state index contributed by atoms with van der Waals surface area (Å²) >= 11 is 0. The van der Waals surface area contributed by atoms with Gasteiger partial charge in [-0.3, -0.25) is 4.79 Å². The minimum atomic E-state index is -1.57. The van der Waals surface area contributed by atoms with Crippen LogP contribution in [0.3, 0.4) is 0 Å². The second-order valence-corrected chi connectivity index (χ2v) is 4.03. The Morgan fingerprint density at radius 1 is 1.47 bits per heavy atom. The van der Waals surface area contributed by atoms with Crippen LogP contribution in [0.1, 0.15) is 25.8 Å². The van der Waals surface area contributed by atoms with E-state index in [9.17, 15) is 18.7 Å². The molecular formula is C12H15F2NO2. The van der Waals surface area contributed by atoms with Gasteiger partial charge in [-0.25, -0.2) is 8.78 Å². The lowest BCUT2D eigenvalue weighted by molar-refractivity contribution is -0.122. The lowest BCUT2D eigenvalue weighted by Gasteiger charge is -2.24. The van der Waals surface area contributed by atoms with Gasteiger partial charge in [-0.05, 0) is 13.0 Å². The van der Waals surface area contributed by atoms with Crippen LogP contribution in [0.4, 0.5) is 8.78 Å².